The molecule has 3 aromatic rings. The van der Waals surface area contributed by atoms with Gasteiger partial charge in [0, 0.05) is 16.1 Å². The van der Waals surface area contributed by atoms with Gasteiger partial charge >= 0.3 is 5.97 Å². The molecule has 0 radical (unpaired) electrons. The Kier molecular flexibility index (Phi) is 6.79. The van der Waals surface area contributed by atoms with Gasteiger partial charge in [0.15, 0.2) is 12.4 Å². The van der Waals surface area contributed by atoms with Crippen LogP contribution in [-0.2, 0) is 11.5 Å². The standard InChI is InChI=1S/C21H22ClN3O4S/c1-5-28-21(27)18-13(3)14(4)30-20(18)23-19(26)17-8-9-25(24-17)11-29-15-6-7-16(22)12(2)10-15/h6-10H,5,11H2,1-4H3,(H,23,26). The summed E-state index contributed by atoms with van der Waals surface area (Å²) in [5, 5.41) is 8.14. The second-order valence-corrected chi connectivity index (χ2v) is 8.22. The summed E-state index contributed by atoms with van der Waals surface area (Å²) in [5.74, 6) is -0.211. The van der Waals surface area contributed by atoms with Crippen molar-refractivity contribution in [3.8, 4) is 5.75 Å². The van der Waals surface area contributed by atoms with Crippen molar-refractivity contribution in [2.24, 2.45) is 0 Å². The summed E-state index contributed by atoms with van der Waals surface area (Å²) in [5.41, 5.74) is 2.30. The first-order valence-electron chi connectivity index (χ1n) is 9.31. The third-order valence-corrected chi connectivity index (χ3v) is 6.00. The number of hydrogen-bond acceptors (Lipinski definition) is 6. The van der Waals surface area contributed by atoms with E-state index in [1.807, 2.05) is 26.8 Å². The minimum Gasteiger partial charge on any atom is -0.471 e. The Balaban J connectivity index is 1.69. The van der Waals surface area contributed by atoms with Crippen molar-refractivity contribution < 1.29 is 19.1 Å². The number of benzene rings is 1. The van der Waals surface area contributed by atoms with E-state index in [2.05, 4.69) is 10.4 Å². The number of aromatic nitrogens is 2. The third kappa shape index (κ3) is 4.83. The SMILES string of the molecule is CCOC(=O)c1c(NC(=O)c2ccn(COc3ccc(Cl)c(C)c3)n2)sc(C)c1C. The zero-order valence-corrected chi connectivity index (χ0v) is 18.7. The Bertz CT molecular complexity index is 1090. The summed E-state index contributed by atoms with van der Waals surface area (Å²) in [6.07, 6.45) is 1.65. The second kappa shape index (κ2) is 9.32. The number of carbonyl (C=O) groups excluding carboxylic acids is 2. The summed E-state index contributed by atoms with van der Waals surface area (Å²) in [7, 11) is 0. The number of carbonyl (C=O) groups is 2. The molecule has 2 heterocycles. The molecule has 0 saturated heterocycles. The Morgan fingerprint density at radius 2 is 2.00 bits per heavy atom. The smallest absolute Gasteiger partial charge is 0.341 e. The van der Waals surface area contributed by atoms with Gasteiger partial charge in [0.25, 0.3) is 5.91 Å². The van der Waals surface area contributed by atoms with Gasteiger partial charge < -0.3 is 14.8 Å². The van der Waals surface area contributed by atoms with E-state index in [4.69, 9.17) is 21.1 Å². The van der Waals surface area contributed by atoms with Gasteiger partial charge in [-0.1, -0.05) is 11.6 Å². The minimum atomic E-state index is -0.452. The number of esters is 1. The summed E-state index contributed by atoms with van der Waals surface area (Å²) in [6, 6.07) is 6.95. The van der Waals surface area contributed by atoms with Gasteiger partial charge in [-0.2, -0.15) is 5.10 Å². The molecular formula is C21H22ClN3O4S. The van der Waals surface area contributed by atoms with Crippen LogP contribution in [-0.4, -0.2) is 28.3 Å². The van der Waals surface area contributed by atoms with E-state index in [0.717, 1.165) is 16.0 Å². The molecule has 0 bridgehead atoms. The molecule has 1 N–H and O–H groups in total. The van der Waals surface area contributed by atoms with E-state index in [-0.39, 0.29) is 19.0 Å². The van der Waals surface area contributed by atoms with Gasteiger partial charge in [-0.3, -0.25) is 4.79 Å². The second-order valence-electron chi connectivity index (χ2n) is 6.59. The molecule has 0 atom stereocenters. The Morgan fingerprint density at radius 1 is 1.23 bits per heavy atom. The Hall–Kier alpha value is -2.84. The maximum absolute atomic E-state index is 12.6. The molecule has 0 fully saturated rings. The number of hydrogen-bond donors (Lipinski definition) is 1. The molecular weight excluding hydrogens is 426 g/mol. The number of nitrogens with one attached hydrogen (secondary N) is 1. The molecule has 0 aliphatic heterocycles. The summed E-state index contributed by atoms with van der Waals surface area (Å²) in [4.78, 5) is 25.9. The van der Waals surface area contributed by atoms with Crippen molar-refractivity contribution in [1.82, 2.24) is 9.78 Å². The highest BCUT2D eigenvalue weighted by Crippen LogP contribution is 2.33. The number of nitrogens with zero attached hydrogens (tertiary/aromatic N) is 2. The largest absolute Gasteiger partial charge is 0.471 e. The van der Waals surface area contributed by atoms with Crippen LogP contribution in [0.2, 0.25) is 5.02 Å². The normalized spacial score (nSPS) is 10.7. The highest BCUT2D eigenvalue weighted by molar-refractivity contribution is 7.16. The van der Waals surface area contributed by atoms with Gasteiger partial charge in [-0.15, -0.1) is 11.3 Å². The molecule has 0 unspecified atom stereocenters. The lowest BCUT2D eigenvalue weighted by Crippen LogP contribution is -2.16. The predicted octanol–water partition coefficient (Wildman–Crippen LogP) is 4.99. The monoisotopic (exact) mass is 447 g/mol. The van der Waals surface area contributed by atoms with Crippen molar-refractivity contribution in [1.29, 1.82) is 0 Å². The molecule has 30 heavy (non-hydrogen) atoms. The summed E-state index contributed by atoms with van der Waals surface area (Å²) >= 11 is 7.35. The van der Waals surface area contributed by atoms with E-state index < -0.39 is 11.9 Å². The van der Waals surface area contributed by atoms with Gasteiger partial charge in [0.1, 0.15) is 10.8 Å². The lowest BCUT2D eigenvalue weighted by atomic mass is 10.1. The highest BCUT2D eigenvalue weighted by atomic mass is 35.5. The molecule has 7 nitrogen and oxygen atoms in total. The molecule has 0 aliphatic rings. The van der Waals surface area contributed by atoms with Crippen LogP contribution in [0.1, 0.15) is 43.8 Å². The number of amides is 1. The average molecular weight is 448 g/mol. The first-order chi connectivity index (χ1) is 14.3. The van der Waals surface area contributed by atoms with Gasteiger partial charge in [-0.25, -0.2) is 9.48 Å². The number of anilines is 1. The van der Waals surface area contributed by atoms with Crippen LogP contribution in [0.3, 0.4) is 0 Å². The summed E-state index contributed by atoms with van der Waals surface area (Å²) in [6.45, 7) is 7.76. The lowest BCUT2D eigenvalue weighted by molar-refractivity contribution is 0.0527. The minimum absolute atomic E-state index is 0.139. The molecule has 0 saturated carbocycles. The third-order valence-electron chi connectivity index (χ3n) is 4.46. The molecule has 1 amide bonds. The van der Waals surface area contributed by atoms with Crippen molar-refractivity contribution in [2.75, 3.05) is 11.9 Å². The zero-order valence-electron chi connectivity index (χ0n) is 17.1. The fraction of sp³-hybridized carbons (Fsp3) is 0.286. The molecule has 158 valence electrons. The highest BCUT2D eigenvalue weighted by Gasteiger charge is 2.23. The van der Waals surface area contributed by atoms with Crippen molar-refractivity contribution in [3.05, 3.63) is 62.7 Å². The van der Waals surface area contributed by atoms with Crippen LogP contribution in [0.4, 0.5) is 5.00 Å². The van der Waals surface area contributed by atoms with Crippen LogP contribution in [0.5, 0.6) is 5.75 Å². The molecule has 2 aromatic heterocycles. The predicted molar refractivity (Wildman–Crippen MR) is 117 cm³/mol. The van der Waals surface area contributed by atoms with E-state index in [0.29, 0.717) is 21.3 Å². The van der Waals surface area contributed by atoms with Crippen LogP contribution >= 0.6 is 22.9 Å². The van der Waals surface area contributed by atoms with E-state index in [1.54, 1.807) is 31.3 Å². The molecule has 0 aliphatic carbocycles. The first kappa shape index (κ1) is 21.9. The molecule has 0 spiro atoms. The number of thiophene rings is 1. The van der Waals surface area contributed by atoms with Crippen molar-refractivity contribution in [2.45, 2.75) is 34.4 Å². The van der Waals surface area contributed by atoms with E-state index in [9.17, 15) is 9.59 Å². The van der Waals surface area contributed by atoms with Crippen molar-refractivity contribution >= 4 is 39.8 Å². The maximum atomic E-state index is 12.6. The fourth-order valence-electron chi connectivity index (χ4n) is 2.73. The Morgan fingerprint density at radius 3 is 2.70 bits per heavy atom. The van der Waals surface area contributed by atoms with Crippen LogP contribution in [0.15, 0.2) is 30.5 Å². The Labute approximate surface area is 183 Å². The average Bonchev–Trinajstić information content (AvgIpc) is 3.28. The number of ether oxygens (including phenoxy) is 2. The van der Waals surface area contributed by atoms with Gasteiger partial charge in [0.2, 0.25) is 0 Å². The fourth-order valence-corrected chi connectivity index (χ4v) is 3.89. The van der Waals surface area contributed by atoms with Crippen LogP contribution < -0.4 is 10.1 Å². The van der Waals surface area contributed by atoms with Crippen LogP contribution in [0, 0.1) is 20.8 Å². The quantitative estimate of drug-likeness (QED) is 0.516. The maximum Gasteiger partial charge on any atom is 0.341 e. The first-order valence-corrected chi connectivity index (χ1v) is 10.5. The van der Waals surface area contributed by atoms with E-state index >= 15 is 0 Å². The molecule has 9 heteroatoms. The zero-order chi connectivity index (χ0) is 21.8. The van der Waals surface area contributed by atoms with Gasteiger partial charge in [-0.05, 0) is 63.1 Å². The molecule has 3 rings (SSSR count). The topological polar surface area (TPSA) is 82.5 Å². The van der Waals surface area contributed by atoms with Gasteiger partial charge in [0.05, 0.1) is 12.2 Å². The lowest BCUT2D eigenvalue weighted by Gasteiger charge is -2.08. The number of rotatable bonds is 7. The van der Waals surface area contributed by atoms with E-state index in [1.165, 1.54) is 16.0 Å². The van der Waals surface area contributed by atoms with Crippen LogP contribution in [0.25, 0.3) is 0 Å². The number of aryl methyl sites for hydroxylation is 2. The molecule has 1 aromatic carbocycles. The summed E-state index contributed by atoms with van der Waals surface area (Å²) < 4.78 is 12.3. The number of halogens is 1. The van der Waals surface area contributed by atoms with Crippen molar-refractivity contribution in [3.63, 3.8) is 0 Å².